The number of thiocarbonyl (C=S) groups is 1. The molecule has 2 heterocycles. The van der Waals surface area contributed by atoms with Crippen LogP contribution < -0.4 is 10.6 Å². The second-order valence-corrected chi connectivity index (χ2v) is 6.33. The van der Waals surface area contributed by atoms with Crippen molar-refractivity contribution in [2.75, 3.05) is 18.5 Å². The topological polar surface area (TPSA) is 42.1 Å². The summed E-state index contributed by atoms with van der Waals surface area (Å²) in [5.41, 5.74) is 9.70. The summed E-state index contributed by atoms with van der Waals surface area (Å²) < 4.78 is 0. The van der Waals surface area contributed by atoms with Crippen LogP contribution >= 0.6 is 23.6 Å². The second-order valence-electron chi connectivity index (χ2n) is 4.86. The van der Waals surface area contributed by atoms with Crippen molar-refractivity contribution in [3.8, 4) is 0 Å². The Hall–Kier alpha value is -1.46. The predicted octanol–water partition coefficient (Wildman–Crippen LogP) is 3.07. The Morgan fingerprint density at radius 1 is 1.45 bits per heavy atom. The van der Waals surface area contributed by atoms with Gasteiger partial charge in [-0.3, -0.25) is 4.98 Å². The first-order valence-electron chi connectivity index (χ1n) is 6.50. The fraction of sp³-hybridized carbons (Fsp3) is 0.333. The molecule has 0 bridgehead atoms. The maximum atomic E-state index is 5.86. The number of thiophene rings is 1. The van der Waals surface area contributed by atoms with Gasteiger partial charge >= 0.3 is 0 Å². The van der Waals surface area contributed by atoms with Gasteiger partial charge in [0.15, 0.2) is 0 Å². The van der Waals surface area contributed by atoms with Crippen molar-refractivity contribution < 1.29 is 0 Å². The zero-order valence-electron chi connectivity index (χ0n) is 12.0. The van der Waals surface area contributed by atoms with Crippen molar-refractivity contribution in [1.29, 1.82) is 0 Å². The first-order valence-corrected chi connectivity index (χ1v) is 7.79. The van der Waals surface area contributed by atoms with Crippen LogP contribution in [0.25, 0.3) is 0 Å². The van der Waals surface area contributed by atoms with Gasteiger partial charge in [0.1, 0.15) is 4.99 Å². The van der Waals surface area contributed by atoms with E-state index in [9.17, 15) is 0 Å². The average molecular weight is 305 g/mol. The van der Waals surface area contributed by atoms with Crippen LogP contribution in [0.5, 0.6) is 0 Å². The lowest BCUT2D eigenvalue weighted by Gasteiger charge is -2.23. The summed E-state index contributed by atoms with van der Waals surface area (Å²) >= 11 is 6.96. The third-order valence-electron chi connectivity index (χ3n) is 3.24. The zero-order chi connectivity index (χ0) is 14.7. The molecular formula is C15H19N3S2. The van der Waals surface area contributed by atoms with Gasteiger partial charge in [0.25, 0.3) is 0 Å². The lowest BCUT2D eigenvalue weighted by molar-refractivity contribution is 0.881. The van der Waals surface area contributed by atoms with Crippen LogP contribution in [0.1, 0.15) is 21.8 Å². The third-order valence-corrected chi connectivity index (χ3v) is 4.38. The number of hydrogen-bond donors (Lipinski definition) is 1. The molecule has 0 saturated carbocycles. The largest absolute Gasteiger partial charge is 0.389 e. The Morgan fingerprint density at radius 3 is 2.80 bits per heavy atom. The molecule has 0 spiro atoms. The van der Waals surface area contributed by atoms with Gasteiger partial charge in [0.2, 0.25) is 0 Å². The molecule has 0 aliphatic rings. The molecule has 0 amide bonds. The summed E-state index contributed by atoms with van der Waals surface area (Å²) in [4.78, 5) is 8.46. The van der Waals surface area contributed by atoms with Crippen LogP contribution in [0.15, 0.2) is 23.6 Å². The number of rotatable bonds is 5. The van der Waals surface area contributed by atoms with Crippen LogP contribution in [-0.2, 0) is 6.42 Å². The van der Waals surface area contributed by atoms with E-state index in [0.717, 1.165) is 35.6 Å². The Kier molecular flexibility index (Phi) is 4.73. The quantitative estimate of drug-likeness (QED) is 0.862. The monoisotopic (exact) mass is 305 g/mol. The minimum atomic E-state index is 0.410. The number of pyridine rings is 1. The Labute approximate surface area is 129 Å². The summed E-state index contributed by atoms with van der Waals surface area (Å²) in [5, 5.41) is 2.11. The van der Waals surface area contributed by atoms with Gasteiger partial charge in [-0.15, -0.1) is 11.3 Å². The average Bonchev–Trinajstić information content (AvgIpc) is 2.87. The molecule has 0 saturated heterocycles. The van der Waals surface area contributed by atoms with E-state index in [4.69, 9.17) is 18.0 Å². The molecule has 3 nitrogen and oxygen atoms in total. The minimum Gasteiger partial charge on any atom is -0.389 e. The fourth-order valence-corrected chi connectivity index (χ4v) is 3.22. The van der Waals surface area contributed by atoms with E-state index in [1.54, 1.807) is 11.3 Å². The number of aromatic nitrogens is 1. The summed E-state index contributed by atoms with van der Waals surface area (Å²) in [6.45, 7) is 4.88. The number of likely N-dealkylation sites (N-methyl/N-ethyl adjacent to an activating group) is 1. The lowest BCUT2D eigenvalue weighted by Crippen LogP contribution is -2.25. The van der Waals surface area contributed by atoms with Gasteiger partial charge in [-0.25, -0.2) is 0 Å². The maximum Gasteiger partial charge on any atom is 0.107 e. The van der Waals surface area contributed by atoms with Gasteiger partial charge in [0, 0.05) is 29.9 Å². The highest BCUT2D eigenvalue weighted by atomic mass is 32.1. The molecule has 0 aliphatic carbocycles. The molecular weight excluding hydrogens is 286 g/mol. The van der Waals surface area contributed by atoms with E-state index >= 15 is 0 Å². The maximum absolute atomic E-state index is 5.86. The number of aryl methyl sites for hydroxylation is 2. The van der Waals surface area contributed by atoms with Crippen LogP contribution in [-0.4, -0.2) is 23.6 Å². The Bertz CT molecular complexity index is 606. The standard InChI is InChI=1S/C15H19N3S2/c1-10-9-13(14(15(16)19)11(2)17-10)18(3)7-6-12-5-4-8-20-12/h4-5,8-9H,6-7H2,1-3H3,(H2,16,19). The smallest absolute Gasteiger partial charge is 0.107 e. The molecule has 0 unspecified atom stereocenters. The van der Waals surface area contributed by atoms with E-state index in [1.807, 2.05) is 13.8 Å². The van der Waals surface area contributed by atoms with Crippen molar-refractivity contribution in [1.82, 2.24) is 4.98 Å². The highest BCUT2D eigenvalue weighted by molar-refractivity contribution is 7.80. The van der Waals surface area contributed by atoms with Crippen molar-refractivity contribution in [3.05, 3.63) is 45.4 Å². The van der Waals surface area contributed by atoms with E-state index < -0.39 is 0 Å². The van der Waals surface area contributed by atoms with E-state index in [2.05, 4.69) is 40.5 Å². The summed E-state index contributed by atoms with van der Waals surface area (Å²) in [5.74, 6) is 0. The molecule has 2 aromatic rings. The van der Waals surface area contributed by atoms with Crippen molar-refractivity contribution >= 4 is 34.2 Å². The molecule has 2 aromatic heterocycles. The highest BCUT2D eigenvalue weighted by Gasteiger charge is 2.14. The molecule has 5 heteroatoms. The Balaban J connectivity index is 2.24. The van der Waals surface area contributed by atoms with E-state index in [1.165, 1.54) is 4.88 Å². The van der Waals surface area contributed by atoms with Gasteiger partial charge in [-0.05, 0) is 37.8 Å². The van der Waals surface area contributed by atoms with Crippen molar-refractivity contribution in [3.63, 3.8) is 0 Å². The van der Waals surface area contributed by atoms with Crippen molar-refractivity contribution in [2.45, 2.75) is 20.3 Å². The van der Waals surface area contributed by atoms with Crippen LogP contribution in [0.4, 0.5) is 5.69 Å². The zero-order valence-corrected chi connectivity index (χ0v) is 13.6. The molecule has 2 rings (SSSR count). The lowest BCUT2D eigenvalue weighted by atomic mass is 10.1. The number of nitrogens with zero attached hydrogens (tertiary/aromatic N) is 2. The third kappa shape index (κ3) is 3.35. The summed E-state index contributed by atoms with van der Waals surface area (Å²) in [6, 6.07) is 6.30. The second kappa shape index (κ2) is 6.33. The van der Waals surface area contributed by atoms with Crippen LogP contribution in [0.3, 0.4) is 0 Å². The molecule has 106 valence electrons. The molecule has 0 fully saturated rings. The summed E-state index contributed by atoms with van der Waals surface area (Å²) in [7, 11) is 2.07. The molecule has 0 radical (unpaired) electrons. The van der Waals surface area contributed by atoms with Crippen LogP contribution in [0.2, 0.25) is 0 Å². The number of anilines is 1. The Morgan fingerprint density at radius 2 is 2.20 bits per heavy atom. The first-order chi connectivity index (χ1) is 9.49. The van der Waals surface area contributed by atoms with E-state index in [-0.39, 0.29) is 0 Å². The highest BCUT2D eigenvalue weighted by Crippen LogP contribution is 2.23. The van der Waals surface area contributed by atoms with Gasteiger partial charge in [-0.1, -0.05) is 18.3 Å². The molecule has 20 heavy (non-hydrogen) atoms. The molecule has 0 aliphatic heterocycles. The number of nitrogens with two attached hydrogens (primary N) is 1. The van der Waals surface area contributed by atoms with Gasteiger partial charge < -0.3 is 10.6 Å². The first kappa shape index (κ1) is 14.9. The SMILES string of the molecule is Cc1cc(N(C)CCc2cccs2)c(C(N)=S)c(C)n1. The predicted molar refractivity (Wildman–Crippen MR) is 90.9 cm³/mol. The molecule has 0 atom stereocenters. The van der Waals surface area contributed by atoms with Crippen molar-refractivity contribution in [2.24, 2.45) is 5.73 Å². The van der Waals surface area contributed by atoms with E-state index in [0.29, 0.717) is 4.99 Å². The normalized spacial score (nSPS) is 10.6. The van der Waals surface area contributed by atoms with Gasteiger partial charge in [-0.2, -0.15) is 0 Å². The summed E-state index contributed by atoms with van der Waals surface area (Å²) in [6.07, 6.45) is 1.02. The number of hydrogen-bond acceptors (Lipinski definition) is 4. The molecule has 2 N–H and O–H groups in total. The van der Waals surface area contributed by atoms with Crippen LogP contribution in [0, 0.1) is 13.8 Å². The van der Waals surface area contributed by atoms with Gasteiger partial charge in [0.05, 0.1) is 11.3 Å². The minimum absolute atomic E-state index is 0.410. The molecule has 0 aromatic carbocycles. The fourth-order valence-electron chi connectivity index (χ4n) is 2.27.